The van der Waals surface area contributed by atoms with E-state index in [1.807, 2.05) is 0 Å². The van der Waals surface area contributed by atoms with Crippen molar-refractivity contribution in [2.75, 3.05) is 13.7 Å². The van der Waals surface area contributed by atoms with Gasteiger partial charge in [-0.1, -0.05) is 13.3 Å². The molecule has 1 amide bonds. The maximum absolute atomic E-state index is 12.1. The molecule has 21 heavy (non-hydrogen) atoms. The average Bonchev–Trinajstić information content (AvgIpc) is 2.53. The molecular formula is C17H25NO3. The van der Waals surface area contributed by atoms with Crippen LogP contribution in [-0.2, 0) is 0 Å². The third kappa shape index (κ3) is 4.21. The van der Waals surface area contributed by atoms with E-state index in [1.165, 1.54) is 6.42 Å². The van der Waals surface area contributed by atoms with Crippen LogP contribution < -0.4 is 10.1 Å². The lowest BCUT2D eigenvalue weighted by molar-refractivity contribution is -0.00786. The van der Waals surface area contributed by atoms with Gasteiger partial charge in [0.05, 0.1) is 12.7 Å². The highest BCUT2D eigenvalue weighted by atomic mass is 16.5. The van der Waals surface area contributed by atoms with Gasteiger partial charge in [-0.3, -0.25) is 4.79 Å². The van der Waals surface area contributed by atoms with Gasteiger partial charge in [0.2, 0.25) is 0 Å². The van der Waals surface area contributed by atoms with Crippen LogP contribution in [0, 0.1) is 5.92 Å². The van der Waals surface area contributed by atoms with Gasteiger partial charge in [-0.2, -0.15) is 0 Å². The number of nitrogens with one attached hydrogen (secondary N) is 1. The molecule has 0 heterocycles. The van der Waals surface area contributed by atoms with Crippen LogP contribution in [0.4, 0.5) is 0 Å². The predicted molar refractivity (Wildman–Crippen MR) is 82.5 cm³/mol. The molecule has 2 rings (SSSR count). The first-order valence-corrected chi connectivity index (χ1v) is 7.71. The van der Waals surface area contributed by atoms with E-state index < -0.39 is 5.60 Å². The van der Waals surface area contributed by atoms with Crippen molar-refractivity contribution in [1.29, 1.82) is 0 Å². The predicted octanol–water partition coefficient (Wildman–Crippen LogP) is 2.76. The highest BCUT2D eigenvalue weighted by Crippen LogP contribution is 2.33. The third-order valence-corrected chi connectivity index (χ3v) is 4.54. The molecular weight excluding hydrogens is 266 g/mol. The highest BCUT2D eigenvalue weighted by Gasteiger charge is 2.32. The Labute approximate surface area is 126 Å². The Kier molecular flexibility index (Phi) is 5.23. The summed E-state index contributed by atoms with van der Waals surface area (Å²) in [6, 6.07) is 6.98. The normalized spacial score (nSPS) is 25.4. The number of methoxy groups -OCH3 is 1. The fourth-order valence-electron chi connectivity index (χ4n) is 2.89. The first kappa shape index (κ1) is 15.8. The van der Waals surface area contributed by atoms with Gasteiger partial charge in [-0.15, -0.1) is 0 Å². The van der Waals surface area contributed by atoms with Crippen LogP contribution in [0.5, 0.6) is 5.75 Å². The van der Waals surface area contributed by atoms with Gasteiger partial charge in [0, 0.05) is 12.1 Å². The van der Waals surface area contributed by atoms with Crippen molar-refractivity contribution in [3.8, 4) is 5.75 Å². The van der Waals surface area contributed by atoms with Crippen molar-refractivity contribution in [3.63, 3.8) is 0 Å². The number of carbonyl (C=O) groups excluding carboxylic acids is 1. The molecule has 1 saturated carbocycles. The second-order valence-corrected chi connectivity index (χ2v) is 5.99. The van der Waals surface area contributed by atoms with Crippen molar-refractivity contribution < 1.29 is 14.6 Å². The summed E-state index contributed by atoms with van der Waals surface area (Å²) in [5, 5.41) is 13.4. The highest BCUT2D eigenvalue weighted by molar-refractivity contribution is 5.94. The van der Waals surface area contributed by atoms with Crippen molar-refractivity contribution in [2.24, 2.45) is 5.92 Å². The van der Waals surface area contributed by atoms with Crippen molar-refractivity contribution in [1.82, 2.24) is 5.32 Å². The molecule has 0 bridgehead atoms. The fourth-order valence-corrected chi connectivity index (χ4v) is 2.89. The lowest BCUT2D eigenvalue weighted by Crippen LogP contribution is -2.45. The molecule has 1 aromatic rings. The molecule has 2 N–H and O–H groups in total. The molecule has 0 atom stereocenters. The van der Waals surface area contributed by atoms with Gasteiger partial charge in [0.25, 0.3) is 5.91 Å². The summed E-state index contributed by atoms with van der Waals surface area (Å²) in [5.41, 5.74) is -0.157. The minimum Gasteiger partial charge on any atom is -0.497 e. The van der Waals surface area contributed by atoms with E-state index in [4.69, 9.17) is 4.74 Å². The van der Waals surface area contributed by atoms with Gasteiger partial charge < -0.3 is 15.2 Å². The maximum Gasteiger partial charge on any atom is 0.251 e. The zero-order chi connectivity index (χ0) is 15.3. The van der Waals surface area contributed by atoms with Crippen LogP contribution in [0.3, 0.4) is 0 Å². The van der Waals surface area contributed by atoms with E-state index in [0.29, 0.717) is 12.1 Å². The summed E-state index contributed by atoms with van der Waals surface area (Å²) < 4.78 is 5.07. The minimum absolute atomic E-state index is 0.149. The summed E-state index contributed by atoms with van der Waals surface area (Å²) in [6.45, 7) is 2.52. The van der Waals surface area contributed by atoms with E-state index in [1.54, 1.807) is 31.4 Å². The van der Waals surface area contributed by atoms with E-state index in [0.717, 1.165) is 37.4 Å². The first-order valence-electron chi connectivity index (χ1n) is 7.71. The smallest absolute Gasteiger partial charge is 0.251 e. The molecule has 0 aliphatic heterocycles. The molecule has 4 nitrogen and oxygen atoms in total. The quantitative estimate of drug-likeness (QED) is 0.877. The standard InChI is InChI=1S/C17H25NO3/c1-3-13-8-10-17(20,11-9-13)12-18-16(19)14-4-6-15(21-2)7-5-14/h4-7,13,20H,3,8-12H2,1-2H3,(H,18,19). The number of aliphatic hydroxyl groups is 1. The summed E-state index contributed by atoms with van der Waals surface area (Å²) in [7, 11) is 1.59. The van der Waals surface area contributed by atoms with Crippen molar-refractivity contribution in [3.05, 3.63) is 29.8 Å². The number of carbonyl (C=O) groups is 1. The molecule has 0 unspecified atom stereocenters. The molecule has 1 aliphatic carbocycles. The van der Waals surface area contributed by atoms with Gasteiger partial charge in [0.15, 0.2) is 0 Å². The van der Waals surface area contributed by atoms with Crippen LogP contribution in [-0.4, -0.2) is 30.3 Å². The minimum atomic E-state index is -0.742. The summed E-state index contributed by atoms with van der Waals surface area (Å²) in [4.78, 5) is 12.1. The Bertz CT molecular complexity index is 461. The fraction of sp³-hybridized carbons (Fsp3) is 0.588. The number of ether oxygens (including phenoxy) is 1. The summed E-state index contributed by atoms with van der Waals surface area (Å²) in [6.07, 6.45) is 4.81. The van der Waals surface area contributed by atoms with Gasteiger partial charge in [-0.05, 0) is 55.9 Å². The lowest BCUT2D eigenvalue weighted by Gasteiger charge is -2.35. The Morgan fingerprint density at radius 1 is 1.33 bits per heavy atom. The number of amides is 1. The zero-order valence-corrected chi connectivity index (χ0v) is 12.9. The Morgan fingerprint density at radius 2 is 1.95 bits per heavy atom. The maximum atomic E-state index is 12.1. The van der Waals surface area contributed by atoms with Gasteiger partial charge in [-0.25, -0.2) is 0 Å². The number of hydrogen-bond donors (Lipinski definition) is 2. The van der Waals surface area contributed by atoms with E-state index >= 15 is 0 Å². The Morgan fingerprint density at radius 3 is 2.48 bits per heavy atom. The van der Waals surface area contributed by atoms with E-state index in [-0.39, 0.29) is 5.91 Å². The van der Waals surface area contributed by atoms with Crippen LogP contribution in [0.25, 0.3) is 0 Å². The van der Waals surface area contributed by atoms with Crippen molar-refractivity contribution >= 4 is 5.91 Å². The number of hydrogen-bond acceptors (Lipinski definition) is 3. The molecule has 1 aliphatic rings. The Hall–Kier alpha value is -1.55. The van der Waals surface area contributed by atoms with E-state index in [2.05, 4.69) is 12.2 Å². The second kappa shape index (κ2) is 6.94. The molecule has 0 spiro atoms. The van der Waals surface area contributed by atoms with Gasteiger partial charge >= 0.3 is 0 Å². The average molecular weight is 291 g/mol. The van der Waals surface area contributed by atoms with Crippen LogP contribution >= 0.6 is 0 Å². The molecule has 0 radical (unpaired) electrons. The molecule has 0 aromatic heterocycles. The topological polar surface area (TPSA) is 58.6 Å². The zero-order valence-electron chi connectivity index (χ0n) is 12.9. The molecule has 1 fully saturated rings. The first-order chi connectivity index (χ1) is 10.1. The van der Waals surface area contributed by atoms with Gasteiger partial charge in [0.1, 0.15) is 5.75 Å². The van der Waals surface area contributed by atoms with Crippen LogP contribution in [0.15, 0.2) is 24.3 Å². The van der Waals surface area contributed by atoms with E-state index in [9.17, 15) is 9.90 Å². The molecule has 116 valence electrons. The number of rotatable bonds is 5. The summed E-state index contributed by atoms with van der Waals surface area (Å²) >= 11 is 0. The molecule has 4 heteroatoms. The summed E-state index contributed by atoms with van der Waals surface area (Å²) in [5.74, 6) is 1.30. The SMILES string of the molecule is CCC1CCC(O)(CNC(=O)c2ccc(OC)cc2)CC1. The van der Waals surface area contributed by atoms with Crippen LogP contribution in [0.1, 0.15) is 49.4 Å². The third-order valence-electron chi connectivity index (χ3n) is 4.54. The van der Waals surface area contributed by atoms with Crippen LogP contribution in [0.2, 0.25) is 0 Å². The monoisotopic (exact) mass is 291 g/mol. The number of benzene rings is 1. The lowest BCUT2D eigenvalue weighted by atomic mass is 9.78. The largest absolute Gasteiger partial charge is 0.497 e. The molecule has 1 aromatic carbocycles. The molecule has 0 saturated heterocycles. The Balaban J connectivity index is 1.85. The van der Waals surface area contributed by atoms with Crippen molar-refractivity contribution in [2.45, 2.75) is 44.6 Å². The second-order valence-electron chi connectivity index (χ2n) is 5.99.